The van der Waals surface area contributed by atoms with Gasteiger partial charge in [0.1, 0.15) is 5.75 Å². The van der Waals surface area contributed by atoms with Crippen molar-refractivity contribution in [2.45, 2.75) is 25.7 Å². The molecule has 2 N–H and O–H groups in total. The number of rotatable bonds is 8. The van der Waals surface area contributed by atoms with E-state index in [4.69, 9.17) is 9.73 Å². The van der Waals surface area contributed by atoms with Crippen molar-refractivity contribution in [3.05, 3.63) is 52.2 Å². The minimum atomic E-state index is -0.00207. The van der Waals surface area contributed by atoms with Crippen molar-refractivity contribution in [1.82, 2.24) is 15.5 Å². The van der Waals surface area contributed by atoms with Gasteiger partial charge in [-0.1, -0.05) is 18.2 Å². The second-order valence-corrected chi connectivity index (χ2v) is 7.97. The number of aliphatic imine (C=N–C) groups is 1. The number of benzene rings is 1. The highest BCUT2D eigenvalue weighted by atomic mass is 32.1. The van der Waals surface area contributed by atoms with E-state index in [0.29, 0.717) is 19.0 Å². The zero-order valence-corrected chi connectivity index (χ0v) is 18.0. The van der Waals surface area contributed by atoms with Crippen molar-refractivity contribution in [2.24, 2.45) is 4.99 Å². The molecule has 1 atom stereocenters. The Balaban J connectivity index is 1.47. The zero-order valence-electron chi connectivity index (χ0n) is 17.2. The van der Waals surface area contributed by atoms with Gasteiger partial charge >= 0.3 is 0 Å². The maximum absolute atomic E-state index is 12.0. The lowest BCUT2D eigenvalue weighted by atomic mass is 9.98. The highest BCUT2D eigenvalue weighted by Crippen LogP contribution is 2.28. The Morgan fingerprint density at radius 2 is 2.10 bits per heavy atom. The van der Waals surface area contributed by atoms with Gasteiger partial charge in [-0.2, -0.15) is 0 Å². The summed E-state index contributed by atoms with van der Waals surface area (Å²) in [4.78, 5) is 19.8. The highest BCUT2D eigenvalue weighted by Gasteiger charge is 2.26. The third-order valence-corrected chi connectivity index (χ3v) is 5.91. The summed E-state index contributed by atoms with van der Waals surface area (Å²) in [6.45, 7) is 6.22. The van der Waals surface area contributed by atoms with Crippen LogP contribution in [0.25, 0.3) is 0 Å². The second kappa shape index (κ2) is 10.9. The van der Waals surface area contributed by atoms with Crippen LogP contribution in [0.15, 0.2) is 46.8 Å². The number of nitrogens with one attached hydrogen (secondary N) is 2. The molecule has 7 heteroatoms. The molecule has 0 aliphatic carbocycles. The second-order valence-electron chi connectivity index (χ2n) is 7.03. The fourth-order valence-corrected chi connectivity index (χ4v) is 4.13. The van der Waals surface area contributed by atoms with Crippen LogP contribution >= 0.6 is 11.3 Å². The number of hydrogen-bond acceptors (Lipinski definition) is 4. The van der Waals surface area contributed by atoms with E-state index in [1.165, 1.54) is 16.9 Å². The highest BCUT2D eigenvalue weighted by molar-refractivity contribution is 7.12. The topological polar surface area (TPSA) is 66.0 Å². The molecule has 3 rings (SSSR count). The van der Waals surface area contributed by atoms with Crippen molar-refractivity contribution in [3.63, 3.8) is 0 Å². The van der Waals surface area contributed by atoms with Crippen LogP contribution in [0.4, 0.5) is 0 Å². The molecule has 1 aliphatic rings. The molecule has 29 heavy (non-hydrogen) atoms. The third-order valence-electron chi connectivity index (χ3n) is 5.04. The molecular weight excluding hydrogens is 384 g/mol. The molecule has 156 valence electrons. The predicted molar refractivity (Wildman–Crippen MR) is 119 cm³/mol. The van der Waals surface area contributed by atoms with Gasteiger partial charge in [0.05, 0.1) is 12.0 Å². The number of nitrogens with zero attached hydrogens (tertiary/aromatic N) is 2. The minimum absolute atomic E-state index is 0.00207. The van der Waals surface area contributed by atoms with Gasteiger partial charge in [-0.25, -0.2) is 0 Å². The molecule has 6 nitrogen and oxygen atoms in total. The van der Waals surface area contributed by atoms with E-state index >= 15 is 0 Å². The van der Waals surface area contributed by atoms with Gasteiger partial charge in [0.2, 0.25) is 0 Å². The maximum atomic E-state index is 12.0. The Bertz CT molecular complexity index is 790. The first-order valence-electron chi connectivity index (χ1n) is 10.2. The van der Waals surface area contributed by atoms with E-state index in [2.05, 4.69) is 34.6 Å². The fourth-order valence-electron chi connectivity index (χ4n) is 3.49. The molecule has 2 aromatic rings. The standard InChI is InChI=1S/C22H30N4O2S/c1-3-23-22(25-13-5-12-24-21(27)20-6-4-15-29-20)26-14-11-18(16-26)17-7-9-19(28-2)10-8-17/h4,6-10,15,18H,3,5,11-14,16H2,1-2H3,(H,23,25)(H,24,27). The molecule has 1 fully saturated rings. The normalized spacial score (nSPS) is 16.7. The molecule has 0 spiro atoms. The molecule has 1 aromatic heterocycles. The Labute approximate surface area is 177 Å². The van der Waals surface area contributed by atoms with E-state index in [1.54, 1.807) is 7.11 Å². The number of likely N-dealkylation sites (tertiary alicyclic amines) is 1. The van der Waals surface area contributed by atoms with Crippen molar-refractivity contribution >= 4 is 23.2 Å². The Morgan fingerprint density at radius 1 is 1.28 bits per heavy atom. The largest absolute Gasteiger partial charge is 0.497 e. The molecule has 0 saturated carbocycles. The van der Waals surface area contributed by atoms with Crippen molar-refractivity contribution in [1.29, 1.82) is 0 Å². The molecular formula is C22H30N4O2S. The van der Waals surface area contributed by atoms with Crippen LogP contribution in [-0.4, -0.2) is 56.6 Å². The summed E-state index contributed by atoms with van der Waals surface area (Å²) in [6.07, 6.45) is 1.94. The lowest BCUT2D eigenvalue weighted by Gasteiger charge is -2.22. The smallest absolute Gasteiger partial charge is 0.261 e. The summed E-state index contributed by atoms with van der Waals surface area (Å²) in [7, 11) is 1.69. The van der Waals surface area contributed by atoms with Gasteiger partial charge in [-0.05, 0) is 48.9 Å². The molecule has 1 amide bonds. The van der Waals surface area contributed by atoms with Crippen LogP contribution < -0.4 is 15.4 Å². The number of carbonyl (C=O) groups excluding carboxylic acids is 1. The molecule has 2 heterocycles. The number of methoxy groups -OCH3 is 1. The van der Waals surface area contributed by atoms with E-state index in [-0.39, 0.29) is 5.91 Å². The average Bonchev–Trinajstić information content (AvgIpc) is 3.45. The number of thiophene rings is 1. The van der Waals surface area contributed by atoms with E-state index in [0.717, 1.165) is 49.1 Å². The number of hydrogen-bond donors (Lipinski definition) is 2. The van der Waals surface area contributed by atoms with Crippen molar-refractivity contribution < 1.29 is 9.53 Å². The predicted octanol–water partition coefficient (Wildman–Crippen LogP) is 3.33. The third kappa shape index (κ3) is 5.97. The SMILES string of the molecule is CCNC(=NCCCNC(=O)c1cccs1)N1CCC(c2ccc(OC)cc2)C1. The molecule has 0 bridgehead atoms. The molecule has 1 saturated heterocycles. The molecule has 1 aliphatic heterocycles. The Hall–Kier alpha value is -2.54. The van der Waals surface area contributed by atoms with Gasteiger partial charge < -0.3 is 20.3 Å². The van der Waals surface area contributed by atoms with Crippen LogP contribution in [-0.2, 0) is 0 Å². The number of carbonyl (C=O) groups is 1. The lowest BCUT2D eigenvalue weighted by Crippen LogP contribution is -2.40. The lowest BCUT2D eigenvalue weighted by molar-refractivity contribution is 0.0957. The minimum Gasteiger partial charge on any atom is -0.497 e. The first-order chi connectivity index (χ1) is 14.2. The van der Waals surface area contributed by atoms with Crippen LogP contribution in [0, 0.1) is 0 Å². The van der Waals surface area contributed by atoms with Gasteiger partial charge in [-0.15, -0.1) is 11.3 Å². The van der Waals surface area contributed by atoms with Gasteiger partial charge in [0.25, 0.3) is 5.91 Å². The van der Waals surface area contributed by atoms with Crippen molar-refractivity contribution in [3.8, 4) is 5.75 Å². The summed E-state index contributed by atoms with van der Waals surface area (Å²) in [5.41, 5.74) is 1.35. The summed E-state index contributed by atoms with van der Waals surface area (Å²) in [5, 5.41) is 8.28. The van der Waals surface area contributed by atoms with Crippen molar-refractivity contribution in [2.75, 3.05) is 39.8 Å². The van der Waals surface area contributed by atoms with Gasteiger partial charge in [-0.3, -0.25) is 9.79 Å². The molecule has 1 aromatic carbocycles. The van der Waals surface area contributed by atoms with Crippen LogP contribution in [0.2, 0.25) is 0 Å². The van der Waals surface area contributed by atoms with E-state index in [9.17, 15) is 4.79 Å². The number of amides is 1. The summed E-state index contributed by atoms with van der Waals surface area (Å²) in [5.74, 6) is 2.37. The summed E-state index contributed by atoms with van der Waals surface area (Å²) in [6, 6.07) is 12.1. The summed E-state index contributed by atoms with van der Waals surface area (Å²) < 4.78 is 5.26. The zero-order chi connectivity index (χ0) is 20.5. The first kappa shape index (κ1) is 21.2. The van der Waals surface area contributed by atoms with Crippen LogP contribution in [0.3, 0.4) is 0 Å². The Kier molecular flexibility index (Phi) is 7.93. The maximum Gasteiger partial charge on any atom is 0.261 e. The molecule has 0 radical (unpaired) electrons. The molecule has 1 unspecified atom stereocenters. The monoisotopic (exact) mass is 414 g/mol. The number of ether oxygens (including phenoxy) is 1. The quantitative estimate of drug-likeness (QED) is 0.395. The Morgan fingerprint density at radius 3 is 2.79 bits per heavy atom. The van der Waals surface area contributed by atoms with E-state index < -0.39 is 0 Å². The summed E-state index contributed by atoms with van der Waals surface area (Å²) >= 11 is 1.46. The van der Waals surface area contributed by atoms with Gasteiger partial charge in [0, 0.05) is 38.6 Å². The average molecular weight is 415 g/mol. The van der Waals surface area contributed by atoms with Crippen LogP contribution in [0.1, 0.15) is 40.9 Å². The van der Waals surface area contributed by atoms with E-state index in [1.807, 2.05) is 29.6 Å². The fraction of sp³-hybridized carbons (Fsp3) is 0.455. The number of guanidine groups is 1. The first-order valence-corrected chi connectivity index (χ1v) is 11.1. The van der Waals surface area contributed by atoms with Crippen LogP contribution in [0.5, 0.6) is 5.75 Å². The van der Waals surface area contributed by atoms with Gasteiger partial charge in [0.15, 0.2) is 5.96 Å².